The number of fused-ring (bicyclic) bond motifs is 2. The van der Waals surface area contributed by atoms with Crippen LogP contribution in [0.4, 0.5) is 24.5 Å². The lowest BCUT2D eigenvalue weighted by Gasteiger charge is -2.28. The third-order valence-electron chi connectivity index (χ3n) is 7.21. The van der Waals surface area contributed by atoms with Gasteiger partial charge in [0.05, 0.1) is 22.3 Å². The Morgan fingerprint density at radius 1 is 1.19 bits per heavy atom. The molecule has 5 rings (SSSR count). The van der Waals surface area contributed by atoms with Gasteiger partial charge in [-0.25, -0.2) is 18.0 Å². The predicted octanol–water partition coefficient (Wildman–Crippen LogP) is 2.29. The molecular formula is C21H25F3N4O3. The number of aromatic amines is 1. The number of nitrogens with zero attached hydrogens (tertiary/aromatic N) is 2. The highest BCUT2D eigenvalue weighted by Crippen LogP contribution is 2.46. The summed E-state index contributed by atoms with van der Waals surface area (Å²) in [4.78, 5) is 28.8. The van der Waals surface area contributed by atoms with Crippen LogP contribution in [0, 0.1) is 24.6 Å². The molecule has 1 aliphatic heterocycles. The SMILES string of the molecule is Cc1c(N2CC3CCCC(F)(F)C(O)C3C2)c(F)c(N)c2c(=O)[nH]c(=O)n(C3CC3)c12. The highest BCUT2D eigenvalue weighted by molar-refractivity contribution is 5.97. The molecule has 1 aromatic carbocycles. The number of alkyl halides is 2. The first-order chi connectivity index (χ1) is 14.6. The molecule has 2 saturated carbocycles. The molecule has 3 atom stereocenters. The molecule has 2 aromatic rings. The van der Waals surface area contributed by atoms with Crippen molar-refractivity contribution in [3.8, 4) is 0 Å². The van der Waals surface area contributed by atoms with Gasteiger partial charge in [-0.2, -0.15) is 0 Å². The number of rotatable bonds is 2. The van der Waals surface area contributed by atoms with Gasteiger partial charge in [-0.15, -0.1) is 0 Å². The van der Waals surface area contributed by atoms with Crippen molar-refractivity contribution >= 4 is 22.3 Å². The highest BCUT2D eigenvalue weighted by Gasteiger charge is 2.51. The summed E-state index contributed by atoms with van der Waals surface area (Å²) in [6.45, 7) is 1.98. The number of H-pyrrole nitrogens is 1. The number of nitrogens with one attached hydrogen (secondary N) is 1. The van der Waals surface area contributed by atoms with Crippen LogP contribution in [0.2, 0.25) is 0 Å². The van der Waals surface area contributed by atoms with Crippen LogP contribution in [0.1, 0.15) is 43.7 Å². The van der Waals surface area contributed by atoms with Gasteiger partial charge in [0.25, 0.3) is 11.5 Å². The highest BCUT2D eigenvalue weighted by atomic mass is 19.3. The third kappa shape index (κ3) is 2.98. The van der Waals surface area contributed by atoms with Gasteiger partial charge < -0.3 is 15.7 Å². The van der Waals surface area contributed by atoms with E-state index in [1.807, 2.05) is 0 Å². The normalized spacial score (nSPS) is 28.0. The lowest BCUT2D eigenvalue weighted by Crippen LogP contribution is -2.41. The minimum atomic E-state index is -3.18. The fourth-order valence-electron chi connectivity index (χ4n) is 5.54. The maximum Gasteiger partial charge on any atom is 0.329 e. The molecule has 168 valence electrons. The van der Waals surface area contributed by atoms with Crippen LogP contribution in [-0.2, 0) is 0 Å². The van der Waals surface area contributed by atoms with Crippen LogP contribution in [0.25, 0.3) is 10.9 Å². The molecule has 0 bridgehead atoms. The Balaban J connectivity index is 1.67. The molecule has 10 heteroatoms. The molecule has 0 spiro atoms. The van der Waals surface area contributed by atoms with E-state index < -0.39 is 35.0 Å². The lowest BCUT2D eigenvalue weighted by atomic mass is 9.89. The van der Waals surface area contributed by atoms with Crippen molar-refractivity contribution in [3.05, 3.63) is 32.2 Å². The average molecular weight is 438 g/mol. The van der Waals surface area contributed by atoms with E-state index in [9.17, 15) is 23.5 Å². The van der Waals surface area contributed by atoms with E-state index in [1.165, 1.54) is 4.57 Å². The summed E-state index contributed by atoms with van der Waals surface area (Å²) in [5.41, 5.74) is 5.16. The van der Waals surface area contributed by atoms with Crippen molar-refractivity contribution in [2.24, 2.45) is 11.8 Å². The number of aliphatic hydroxyl groups is 1. The molecule has 4 N–H and O–H groups in total. The maximum atomic E-state index is 15.5. The number of halogens is 3. The Morgan fingerprint density at radius 2 is 1.90 bits per heavy atom. The van der Waals surface area contributed by atoms with Gasteiger partial charge in [-0.05, 0) is 38.5 Å². The molecule has 0 amide bonds. The first-order valence-electron chi connectivity index (χ1n) is 10.7. The number of benzene rings is 1. The van der Waals surface area contributed by atoms with Crippen molar-refractivity contribution in [3.63, 3.8) is 0 Å². The number of nitrogen functional groups attached to an aromatic ring is 1. The van der Waals surface area contributed by atoms with E-state index in [4.69, 9.17) is 5.73 Å². The average Bonchev–Trinajstić information content (AvgIpc) is 3.46. The zero-order valence-corrected chi connectivity index (χ0v) is 17.1. The monoisotopic (exact) mass is 438 g/mol. The van der Waals surface area contributed by atoms with E-state index >= 15 is 4.39 Å². The zero-order chi connectivity index (χ0) is 22.2. The predicted molar refractivity (Wildman–Crippen MR) is 110 cm³/mol. The Kier molecular flexibility index (Phi) is 4.45. The minimum Gasteiger partial charge on any atom is -0.396 e. The number of aromatic nitrogens is 2. The summed E-state index contributed by atoms with van der Waals surface area (Å²) < 4.78 is 45.4. The summed E-state index contributed by atoms with van der Waals surface area (Å²) in [5, 5.41) is 10.3. The molecule has 2 aliphatic carbocycles. The molecule has 3 fully saturated rings. The van der Waals surface area contributed by atoms with E-state index in [-0.39, 0.29) is 48.1 Å². The fraction of sp³-hybridized carbons (Fsp3) is 0.619. The van der Waals surface area contributed by atoms with E-state index in [2.05, 4.69) is 4.98 Å². The second kappa shape index (κ2) is 6.75. The van der Waals surface area contributed by atoms with Crippen LogP contribution >= 0.6 is 0 Å². The molecular weight excluding hydrogens is 413 g/mol. The van der Waals surface area contributed by atoms with E-state index in [0.717, 1.165) is 12.8 Å². The quantitative estimate of drug-likeness (QED) is 0.624. The third-order valence-corrected chi connectivity index (χ3v) is 7.21. The maximum absolute atomic E-state index is 15.5. The number of aliphatic hydroxyl groups excluding tert-OH is 1. The summed E-state index contributed by atoms with van der Waals surface area (Å²) in [5.74, 6) is -4.87. The molecule has 1 aromatic heterocycles. The minimum absolute atomic E-state index is 0.0565. The number of hydrogen-bond donors (Lipinski definition) is 3. The summed E-state index contributed by atoms with van der Waals surface area (Å²) in [6.07, 6.45) is 0.193. The van der Waals surface area contributed by atoms with Crippen molar-refractivity contribution < 1.29 is 18.3 Å². The van der Waals surface area contributed by atoms with Crippen LogP contribution in [0.15, 0.2) is 9.59 Å². The van der Waals surface area contributed by atoms with Gasteiger partial charge in [0.15, 0.2) is 5.82 Å². The molecule has 3 unspecified atom stereocenters. The second-order valence-electron chi connectivity index (χ2n) is 9.21. The van der Waals surface area contributed by atoms with Gasteiger partial charge in [0.2, 0.25) is 0 Å². The molecule has 1 saturated heterocycles. The molecule has 2 heterocycles. The Labute approximate surface area is 175 Å². The first-order valence-corrected chi connectivity index (χ1v) is 10.7. The van der Waals surface area contributed by atoms with Crippen molar-refractivity contribution in [2.45, 2.75) is 57.1 Å². The largest absolute Gasteiger partial charge is 0.396 e. The Hall–Kier alpha value is -2.49. The van der Waals surface area contributed by atoms with E-state index in [0.29, 0.717) is 24.0 Å². The van der Waals surface area contributed by atoms with Crippen LogP contribution < -0.4 is 21.9 Å². The summed E-state index contributed by atoms with van der Waals surface area (Å²) in [7, 11) is 0. The van der Waals surface area contributed by atoms with Crippen LogP contribution in [0.3, 0.4) is 0 Å². The number of aryl methyl sites for hydroxylation is 1. The number of anilines is 2. The molecule has 31 heavy (non-hydrogen) atoms. The van der Waals surface area contributed by atoms with Gasteiger partial charge >= 0.3 is 5.69 Å². The van der Waals surface area contributed by atoms with Crippen molar-refractivity contribution in [1.82, 2.24) is 9.55 Å². The van der Waals surface area contributed by atoms with Gasteiger partial charge in [-0.3, -0.25) is 14.3 Å². The van der Waals surface area contributed by atoms with E-state index in [1.54, 1.807) is 11.8 Å². The van der Waals surface area contributed by atoms with Gasteiger partial charge in [0, 0.05) is 37.0 Å². The van der Waals surface area contributed by atoms with Crippen LogP contribution in [0.5, 0.6) is 0 Å². The van der Waals surface area contributed by atoms with Crippen LogP contribution in [-0.4, -0.2) is 39.8 Å². The number of nitrogens with two attached hydrogens (primary N) is 1. The van der Waals surface area contributed by atoms with Crippen molar-refractivity contribution in [2.75, 3.05) is 23.7 Å². The summed E-state index contributed by atoms with van der Waals surface area (Å²) >= 11 is 0. The van der Waals surface area contributed by atoms with Crippen molar-refractivity contribution in [1.29, 1.82) is 0 Å². The molecule has 0 radical (unpaired) electrons. The smallest absolute Gasteiger partial charge is 0.329 e. The molecule has 7 nitrogen and oxygen atoms in total. The Morgan fingerprint density at radius 3 is 2.58 bits per heavy atom. The number of hydrogen-bond acceptors (Lipinski definition) is 5. The second-order valence-corrected chi connectivity index (χ2v) is 9.21. The van der Waals surface area contributed by atoms with Gasteiger partial charge in [-0.1, -0.05) is 0 Å². The molecule has 3 aliphatic rings. The standard InChI is InChI=1S/C21H25F3N4O3/c1-9-16-13(19(30)26-20(31)28(16)11-4-5-11)15(25)14(22)17(9)27-7-10-3-2-6-21(23,24)18(29)12(10)8-27/h10-12,18,29H,2-8,25H2,1H3,(H,26,30,31). The topological polar surface area (TPSA) is 104 Å². The zero-order valence-electron chi connectivity index (χ0n) is 17.1. The first kappa shape index (κ1) is 20.4. The summed E-state index contributed by atoms with van der Waals surface area (Å²) in [6, 6.07) is -0.0894. The fourth-order valence-corrected chi connectivity index (χ4v) is 5.54. The Bertz CT molecular complexity index is 1190. The lowest BCUT2D eigenvalue weighted by molar-refractivity contribution is -0.130. The van der Waals surface area contributed by atoms with Gasteiger partial charge in [0.1, 0.15) is 6.10 Å².